The van der Waals surface area contributed by atoms with Crippen molar-refractivity contribution in [3.63, 3.8) is 0 Å². The van der Waals surface area contributed by atoms with E-state index in [1.807, 2.05) is 30.3 Å². The van der Waals surface area contributed by atoms with E-state index in [0.717, 1.165) is 82.3 Å². The van der Waals surface area contributed by atoms with Gasteiger partial charge >= 0.3 is 0 Å². The highest BCUT2D eigenvalue weighted by molar-refractivity contribution is 6.24. The molecule has 0 aliphatic heterocycles. The van der Waals surface area contributed by atoms with E-state index in [1.54, 1.807) is 0 Å². The highest BCUT2D eigenvalue weighted by Gasteiger charge is 2.26. The Labute approximate surface area is 370 Å². The number of aromatic nitrogens is 3. The van der Waals surface area contributed by atoms with Crippen LogP contribution in [0.1, 0.15) is 63.8 Å². The van der Waals surface area contributed by atoms with E-state index in [-0.39, 0.29) is 10.8 Å². The second-order valence-electron chi connectivity index (χ2n) is 19.3. The van der Waals surface area contributed by atoms with Crippen LogP contribution in [0.5, 0.6) is 0 Å². The van der Waals surface area contributed by atoms with Crippen LogP contribution in [0, 0.1) is 22.7 Å². The van der Waals surface area contributed by atoms with Gasteiger partial charge in [0.1, 0.15) is 23.3 Å². The van der Waals surface area contributed by atoms with Crippen LogP contribution >= 0.6 is 0 Å². The molecule has 4 aromatic heterocycles. The molecular weight excluding hydrogens is 783 g/mol. The fourth-order valence-electron chi connectivity index (χ4n) is 10.2. The summed E-state index contributed by atoms with van der Waals surface area (Å²) in [4.78, 5) is 0. The maximum Gasteiger partial charge on any atom is 0.145 e. The number of hydrogen-bond acceptors (Lipinski definition) is 3. The van der Waals surface area contributed by atoms with Gasteiger partial charge in [0.15, 0.2) is 0 Å². The molecule has 0 spiro atoms. The Morgan fingerprint density at radius 2 is 0.875 bits per heavy atom. The molecule has 6 heteroatoms. The van der Waals surface area contributed by atoms with Crippen LogP contribution in [0.25, 0.3) is 104 Å². The minimum atomic E-state index is -0.0574. The van der Waals surface area contributed by atoms with Gasteiger partial charge in [-0.3, -0.25) is 0 Å². The van der Waals surface area contributed by atoms with Crippen molar-refractivity contribution in [3.8, 4) is 29.2 Å². The van der Waals surface area contributed by atoms with Gasteiger partial charge in [-0.1, -0.05) is 108 Å². The summed E-state index contributed by atoms with van der Waals surface area (Å²) < 4.78 is 13.4. The number of nitrogens with zero attached hydrogens (tertiary/aromatic N) is 5. The predicted molar refractivity (Wildman–Crippen MR) is 264 cm³/mol. The Balaban J connectivity index is 1.15. The van der Waals surface area contributed by atoms with Gasteiger partial charge in [0, 0.05) is 43.4 Å². The van der Waals surface area contributed by atoms with Crippen molar-refractivity contribution in [1.29, 1.82) is 10.5 Å². The van der Waals surface area contributed by atoms with E-state index >= 15 is 0 Å². The molecule has 0 aliphatic carbocycles. The van der Waals surface area contributed by atoms with Gasteiger partial charge in [-0.2, -0.15) is 10.5 Å². The molecule has 0 saturated carbocycles. The standard InChI is InChI=1S/C58H43N5O/c1-57(2,3)36-19-23-48-43(29-36)44-30-37(58(4,5)6)20-24-49(44)62(48)52-27-35(33-60)53(28-34(52)32-59)63-50-25-21-38(61-46-16-10-7-13-39(46)40-14-8-11-17-47(40)61)31-45(50)55-51(63)26-22-42-41-15-9-12-18-54(41)64-56(42)55/h7-31H,1-6H3. The van der Waals surface area contributed by atoms with Crippen LogP contribution in [-0.2, 0) is 10.8 Å². The van der Waals surface area contributed by atoms with Crippen molar-refractivity contribution in [1.82, 2.24) is 13.7 Å². The van der Waals surface area contributed by atoms with Crippen molar-refractivity contribution < 1.29 is 4.42 Å². The first kappa shape index (κ1) is 37.7. The van der Waals surface area contributed by atoms with Gasteiger partial charge in [-0.05, 0) is 107 Å². The second-order valence-corrected chi connectivity index (χ2v) is 19.3. The molecule has 306 valence electrons. The molecule has 0 amide bonds. The number of fused-ring (bicyclic) bond motifs is 13. The molecule has 0 fully saturated rings. The van der Waals surface area contributed by atoms with Gasteiger partial charge in [0.05, 0.1) is 61.0 Å². The van der Waals surface area contributed by atoms with Crippen LogP contribution in [0.3, 0.4) is 0 Å². The normalized spacial score (nSPS) is 12.5. The van der Waals surface area contributed by atoms with Crippen LogP contribution in [0.2, 0.25) is 0 Å². The maximum absolute atomic E-state index is 11.2. The summed E-state index contributed by atoms with van der Waals surface area (Å²) in [6, 6.07) is 58.4. The lowest BCUT2D eigenvalue weighted by atomic mass is 9.85. The Morgan fingerprint density at radius 1 is 0.406 bits per heavy atom. The Hall–Kier alpha value is -8.06. The van der Waals surface area contributed by atoms with Crippen molar-refractivity contribution in [2.24, 2.45) is 0 Å². The average Bonchev–Trinajstić information content (AvgIpc) is 4.03. The van der Waals surface area contributed by atoms with E-state index in [0.29, 0.717) is 22.5 Å². The molecular formula is C58H43N5O. The van der Waals surface area contributed by atoms with Crippen LogP contribution in [0.15, 0.2) is 156 Å². The quantitative estimate of drug-likeness (QED) is 0.178. The molecule has 0 N–H and O–H groups in total. The number of nitriles is 2. The van der Waals surface area contributed by atoms with Gasteiger partial charge in [-0.15, -0.1) is 0 Å². The number of furan rings is 1. The Bertz CT molecular complexity index is 3940. The van der Waals surface area contributed by atoms with Crippen LogP contribution in [-0.4, -0.2) is 13.7 Å². The predicted octanol–water partition coefficient (Wildman–Crippen LogP) is 15.2. The average molecular weight is 826 g/mol. The number of hydrogen-bond donors (Lipinski definition) is 0. The summed E-state index contributed by atoms with van der Waals surface area (Å²) in [7, 11) is 0. The summed E-state index contributed by atoms with van der Waals surface area (Å²) >= 11 is 0. The minimum absolute atomic E-state index is 0.0574. The largest absolute Gasteiger partial charge is 0.455 e. The van der Waals surface area contributed by atoms with E-state index < -0.39 is 0 Å². The molecule has 0 unspecified atom stereocenters. The number of rotatable bonds is 3. The van der Waals surface area contributed by atoms with Crippen LogP contribution < -0.4 is 0 Å². The maximum atomic E-state index is 11.2. The zero-order valence-corrected chi connectivity index (χ0v) is 36.6. The Morgan fingerprint density at radius 3 is 1.44 bits per heavy atom. The van der Waals surface area contributed by atoms with Crippen molar-refractivity contribution >= 4 is 87.4 Å². The fraction of sp³-hybridized carbons (Fsp3) is 0.138. The van der Waals surface area contributed by atoms with Gasteiger partial charge in [0.25, 0.3) is 0 Å². The molecule has 0 radical (unpaired) electrons. The van der Waals surface area contributed by atoms with Crippen molar-refractivity contribution in [3.05, 3.63) is 174 Å². The highest BCUT2D eigenvalue weighted by atomic mass is 16.3. The van der Waals surface area contributed by atoms with E-state index in [4.69, 9.17) is 4.42 Å². The van der Waals surface area contributed by atoms with Crippen molar-refractivity contribution in [2.75, 3.05) is 0 Å². The fourth-order valence-corrected chi connectivity index (χ4v) is 10.2. The van der Waals surface area contributed by atoms with E-state index in [1.165, 1.54) is 21.9 Å². The lowest BCUT2D eigenvalue weighted by Crippen LogP contribution is -2.10. The van der Waals surface area contributed by atoms with E-state index in [2.05, 4.69) is 189 Å². The van der Waals surface area contributed by atoms with E-state index in [9.17, 15) is 10.5 Å². The third-order valence-corrected chi connectivity index (χ3v) is 13.4. The first-order valence-corrected chi connectivity index (χ1v) is 21.9. The molecule has 12 rings (SSSR count). The van der Waals surface area contributed by atoms with Gasteiger partial charge in [0.2, 0.25) is 0 Å². The summed E-state index contributed by atoms with van der Waals surface area (Å²) in [5.41, 5.74) is 13.2. The molecule has 0 bridgehead atoms. The second kappa shape index (κ2) is 13.2. The van der Waals surface area contributed by atoms with Crippen molar-refractivity contribution in [2.45, 2.75) is 52.4 Å². The van der Waals surface area contributed by atoms with Crippen LogP contribution in [0.4, 0.5) is 0 Å². The summed E-state index contributed by atoms with van der Waals surface area (Å²) in [5.74, 6) is 0. The summed E-state index contributed by atoms with van der Waals surface area (Å²) in [6.07, 6.45) is 0. The molecule has 0 aliphatic rings. The smallest absolute Gasteiger partial charge is 0.145 e. The number of benzene rings is 8. The molecule has 0 saturated heterocycles. The molecule has 6 nitrogen and oxygen atoms in total. The third kappa shape index (κ3) is 5.30. The molecule has 0 atom stereocenters. The molecule has 8 aromatic carbocycles. The molecule has 64 heavy (non-hydrogen) atoms. The first-order chi connectivity index (χ1) is 30.9. The lowest BCUT2D eigenvalue weighted by Gasteiger charge is -2.19. The molecule has 4 heterocycles. The lowest BCUT2D eigenvalue weighted by molar-refractivity contribution is 0.590. The zero-order chi connectivity index (χ0) is 43.8. The zero-order valence-electron chi connectivity index (χ0n) is 36.6. The molecule has 12 aromatic rings. The topological polar surface area (TPSA) is 75.5 Å². The summed E-state index contributed by atoms with van der Waals surface area (Å²) in [5, 5.41) is 30.9. The Kier molecular flexibility index (Phi) is 7.79. The summed E-state index contributed by atoms with van der Waals surface area (Å²) in [6.45, 7) is 13.4. The minimum Gasteiger partial charge on any atom is -0.455 e. The monoisotopic (exact) mass is 825 g/mol. The third-order valence-electron chi connectivity index (χ3n) is 13.4. The first-order valence-electron chi connectivity index (χ1n) is 21.9. The highest BCUT2D eigenvalue weighted by Crippen LogP contribution is 2.44. The van der Waals surface area contributed by atoms with Gasteiger partial charge in [-0.25, -0.2) is 0 Å². The number of para-hydroxylation sites is 3. The SMILES string of the molecule is CC(C)(C)c1ccc2c(c1)c1cc(C(C)(C)C)ccc1n2-c1cc(C#N)c(-n2c3ccc(-n4c5ccccc5c5ccccc54)cc3c3c4oc5ccccc5c4ccc32)cc1C#N. The van der Waals surface area contributed by atoms with Gasteiger partial charge < -0.3 is 18.1 Å².